The molecule has 0 saturated carbocycles. The molecule has 0 bridgehead atoms. The highest BCUT2D eigenvalue weighted by Crippen LogP contribution is 2.23. The number of hydrogen-bond donors (Lipinski definition) is 1. The summed E-state index contributed by atoms with van der Waals surface area (Å²) in [5.74, 6) is -0.992. The van der Waals surface area contributed by atoms with Gasteiger partial charge in [-0.1, -0.05) is 23.0 Å². The predicted molar refractivity (Wildman–Crippen MR) is 103 cm³/mol. The van der Waals surface area contributed by atoms with E-state index in [0.717, 1.165) is 16.9 Å². The second kappa shape index (κ2) is 7.55. The zero-order valence-corrected chi connectivity index (χ0v) is 15.7. The molecule has 1 N–H and O–H groups in total. The molecule has 27 heavy (non-hydrogen) atoms. The van der Waals surface area contributed by atoms with Crippen LogP contribution in [-0.4, -0.2) is 24.0 Å². The van der Waals surface area contributed by atoms with Crippen molar-refractivity contribution in [2.24, 2.45) is 0 Å². The van der Waals surface area contributed by atoms with Gasteiger partial charge in [0.15, 0.2) is 10.6 Å². The molecular formula is C19H16N2O5S. The van der Waals surface area contributed by atoms with E-state index in [1.165, 1.54) is 25.5 Å². The van der Waals surface area contributed by atoms with Gasteiger partial charge in [0.1, 0.15) is 16.7 Å². The molecule has 0 saturated heterocycles. The van der Waals surface area contributed by atoms with E-state index in [1.807, 2.05) is 13.0 Å². The Morgan fingerprint density at radius 3 is 2.81 bits per heavy atom. The van der Waals surface area contributed by atoms with E-state index in [1.54, 1.807) is 19.1 Å². The number of nitrogens with zero attached hydrogens (tertiary/aromatic N) is 1. The number of benzene rings is 1. The Morgan fingerprint density at radius 1 is 1.30 bits per heavy atom. The third-order valence-electron chi connectivity index (χ3n) is 3.77. The normalized spacial score (nSPS) is 11.1. The molecule has 3 rings (SSSR count). The highest BCUT2D eigenvalue weighted by atomic mass is 32.1. The van der Waals surface area contributed by atoms with Gasteiger partial charge in [0.2, 0.25) is 5.91 Å². The molecule has 0 aliphatic carbocycles. The second-order valence-corrected chi connectivity index (χ2v) is 6.77. The Morgan fingerprint density at radius 2 is 2.07 bits per heavy atom. The van der Waals surface area contributed by atoms with Crippen LogP contribution in [0.4, 0.5) is 5.13 Å². The number of rotatable bonds is 4. The molecule has 0 spiro atoms. The van der Waals surface area contributed by atoms with Crippen LogP contribution in [0.1, 0.15) is 26.5 Å². The first-order valence-electron chi connectivity index (χ1n) is 7.96. The van der Waals surface area contributed by atoms with Crippen molar-refractivity contribution in [2.75, 3.05) is 12.4 Å². The van der Waals surface area contributed by atoms with Crippen LogP contribution < -0.4 is 10.7 Å². The number of methoxy groups -OCH3 is 1. The zero-order chi connectivity index (χ0) is 19.6. The molecule has 3 aromatic rings. The number of nitrogens with one attached hydrogen (secondary N) is 1. The van der Waals surface area contributed by atoms with E-state index in [-0.39, 0.29) is 16.1 Å². The molecule has 0 unspecified atom stereocenters. The maximum absolute atomic E-state index is 12.5. The lowest BCUT2D eigenvalue weighted by atomic mass is 10.1. The molecule has 0 radical (unpaired) electrons. The summed E-state index contributed by atoms with van der Waals surface area (Å²) in [6.07, 6.45) is 3.90. The first-order chi connectivity index (χ1) is 12.9. The number of ether oxygens (including phenoxy) is 1. The smallest absolute Gasteiger partial charge is 0.350 e. The lowest BCUT2D eigenvalue weighted by Gasteiger charge is -2.00. The van der Waals surface area contributed by atoms with Crippen molar-refractivity contribution in [1.82, 2.24) is 4.98 Å². The SMILES string of the molecule is COC(=O)c1sc(NC(=O)/C=C/c2coc3ccc(C)cc3c2=O)nc1C. The van der Waals surface area contributed by atoms with Crippen LogP contribution in [0.15, 0.2) is 39.7 Å². The van der Waals surface area contributed by atoms with Crippen LogP contribution in [0.2, 0.25) is 0 Å². The molecule has 1 amide bonds. The van der Waals surface area contributed by atoms with E-state index in [4.69, 9.17) is 4.42 Å². The molecule has 0 aliphatic heterocycles. The maximum atomic E-state index is 12.5. The molecule has 0 aliphatic rings. The number of amides is 1. The van der Waals surface area contributed by atoms with Crippen molar-refractivity contribution in [3.05, 3.63) is 62.5 Å². The highest BCUT2D eigenvalue weighted by molar-refractivity contribution is 7.17. The topological polar surface area (TPSA) is 98.5 Å². The fraction of sp³-hybridized carbons (Fsp3) is 0.158. The molecule has 2 aromatic heterocycles. The zero-order valence-electron chi connectivity index (χ0n) is 14.9. The monoisotopic (exact) mass is 384 g/mol. The van der Waals surface area contributed by atoms with Crippen LogP contribution in [0.5, 0.6) is 0 Å². The summed E-state index contributed by atoms with van der Waals surface area (Å²) >= 11 is 1.02. The molecule has 2 heterocycles. The number of esters is 1. The van der Waals surface area contributed by atoms with E-state index >= 15 is 0 Å². The second-order valence-electron chi connectivity index (χ2n) is 5.77. The van der Waals surface area contributed by atoms with Gasteiger partial charge in [-0.3, -0.25) is 14.9 Å². The summed E-state index contributed by atoms with van der Waals surface area (Å²) in [5.41, 5.74) is 1.93. The average Bonchev–Trinajstić information content (AvgIpc) is 3.01. The van der Waals surface area contributed by atoms with Crippen molar-refractivity contribution >= 4 is 45.4 Å². The van der Waals surface area contributed by atoms with Gasteiger partial charge in [-0.2, -0.15) is 0 Å². The van der Waals surface area contributed by atoms with Crippen molar-refractivity contribution in [3.8, 4) is 0 Å². The van der Waals surface area contributed by atoms with Gasteiger partial charge in [-0.15, -0.1) is 0 Å². The van der Waals surface area contributed by atoms with Gasteiger partial charge in [0.05, 0.1) is 23.8 Å². The summed E-state index contributed by atoms with van der Waals surface area (Å²) in [7, 11) is 1.28. The first kappa shape index (κ1) is 18.5. The van der Waals surface area contributed by atoms with Crippen LogP contribution in [-0.2, 0) is 9.53 Å². The molecule has 7 nitrogen and oxygen atoms in total. The predicted octanol–water partition coefficient (Wildman–Crippen LogP) is 3.30. The molecule has 0 fully saturated rings. The standard InChI is InChI=1S/C19H16N2O5S/c1-10-4-6-14-13(8-10)16(23)12(9-26-14)5-7-15(22)21-19-20-11(2)17(27-19)18(24)25-3/h4-9H,1-3H3,(H,20,21,22)/b7-5+. The Bertz CT molecular complexity index is 1130. The van der Waals surface area contributed by atoms with E-state index < -0.39 is 11.9 Å². The Balaban J connectivity index is 1.79. The molecule has 138 valence electrons. The Labute approximate surface area is 158 Å². The Hall–Kier alpha value is -3.26. The fourth-order valence-electron chi connectivity index (χ4n) is 2.42. The minimum absolute atomic E-state index is 0.220. The molecule has 0 atom stereocenters. The number of aryl methyl sites for hydroxylation is 2. The quantitative estimate of drug-likeness (QED) is 0.547. The maximum Gasteiger partial charge on any atom is 0.350 e. The average molecular weight is 384 g/mol. The number of carbonyl (C=O) groups is 2. The number of fused-ring (bicyclic) bond motifs is 1. The summed E-state index contributed by atoms with van der Waals surface area (Å²) in [5, 5.41) is 3.28. The van der Waals surface area contributed by atoms with Gasteiger partial charge in [0, 0.05) is 6.08 Å². The first-order valence-corrected chi connectivity index (χ1v) is 8.77. The third kappa shape index (κ3) is 3.95. The minimum atomic E-state index is -0.509. The van der Waals surface area contributed by atoms with Crippen LogP contribution >= 0.6 is 11.3 Å². The fourth-order valence-corrected chi connectivity index (χ4v) is 3.31. The number of aromatic nitrogens is 1. The largest absolute Gasteiger partial charge is 0.465 e. The van der Waals surface area contributed by atoms with Gasteiger partial charge < -0.3 is 9.15 Å². The lowest BCUT2D eigenvalue weighted by molar-refractivity contribution is -0.111. The summed E-state index contributed by atoms with van der Waals surface area (Å²) < 4.78 is 10.1. The lowest BCUT2D eigenvalue weighted by Crippen LogP contribution is -2.09. The van der Waals surface area contributed by atoms with E-state index in [0.29, 0.717) is 21.5 Å². The molecule has 1 aromatic carbocycles. The van der Waals surface area contributed by atoms with Gasteiger partial charge >= 0.3 is 5.97 Å². The van der Waals surface area contributed by atoms with Gasteiger partial charge in [-0.25, -0.2) is 9.78 Å². The number of thiazole rings is 1. The minimum Gasteiger partial charge on any atom is -0.465 e. The van der Waals surface area contributed by atoms with Crippen LogP contribution in [0, 0.1) is 13.8 Å². The summed E-state index contributed by atoms with van der Waals surface area (Å²) in [4.78, 5) is 40.6. The Kier molecular flexibility index (Phi) is 5.18. The highest BCUT2D eigenvalue weighted by Gasteiger charge is 2.16. The number of carbonyl (C=O) groups excluding carboxylic acids is 2. The van der Waals surface area contributed by atoms with E-state index in [2.05, 4.69) is 15.0 Å². The molecular weight excluding hydrogens is 368 g/mol. The summed E-state index contributed by atoms with van der Waals surface area (Å²) in [6, 6.07) is 5.33. The number of hydrogen-bond acceptors (Lipinski definition) is 7. The van der Waals surface area contributed by atoms with Crippen molar-refractivity contribution in [2.45, 2.75) is 13.8 Å². The van der Waals surface area contributed by atoms with Crippen molar-refractivity contribution in [3.63, 3.8) is 0 Å². The van der Waals surface area contributed by atoms with Gasteiger partial charge in [-0.05, 0) is 32.1 Å². The number of anilines is 1. The van der Waals surface area contributed by atoms with E-state index in [9.17, 15) is 14.4 Å². The third-order valence-corrected chi connectivity index (χ3v) is 4.82. The van der Waals surface area contributed by atoms with Crippen LogP contribution in [0.25, 0.3) is 17.0 Å². The molecule has 8 heteroatoms. The van der Waals surface area contributed by atoms with Crippen molar-refractivity contribution < 1.29 is 18.7 Å². The van der Waals surface area contributed by atoms with Crippen LogP contribution in [0.3, 0.4) is 0 Å². The van der Waals surface area contributed by atoms with Crippen molar-refractivity contribution in [1.29, 1.82) is 0 Å². The summed E-state index contributed by atoms with van der Waals surface area (Å²) in [6.45, 7) is 3.53. The van der Waals surface area contributed by atoms with Gasteiger partial charge in [0.25, 0.3) is 0 Å².